The third kappa shape index (κ3) is 4.49. The van der Waals surface area contributed by atoms with Crippen LogP contribution in [0.15, 0.2) is 54.1 Å². The number of nitrogens with one attached hydrogen (secondary N) is 1. The van der Waals surface area contributed by atoms with Crippen molar-refractivity contribution in [2.75, 3.05) is 31.0 Å². The normalized spacial score (nSPS) is 16.8. The number of aromatic nitrogens is 2. The minimum absolute atomic E-state index is 0.0961. The maximum Gasteiger partial charge on any atom is 0.302 e. The largest absolute Gasteiger partial charge is 0.507 e. The molecule has 0 saturated carbocycles. The van der Waals surface area contributed by atoms with Gasteiger partial charge in [0.25, 0.3) is 5.78 Å². The standard InChI is InChI=1S/C29H26Cl2N4O4/c1-14-10-21-22(11-15(14)2)33-29(32-21)35-24(16-6-8-18(9-7-16)34(3)4)23(26(37)28(35)38)25(36)19-12-17(30)13-20(31)27(19)39-5/h6-13,24,36H,1-5H3,(H,32,33)/b25-23+. The number of hydrogen-bond donors (Lipinski definition) is 2. The summed E-state index contributed by atoms with van der Waals surface area (Å²) in [6.07, 6.45) is 0. The second kappa shape index (κ2) is 9.94. The zero-order valence-electron chi connectivity index (χ0n) is 22.0. The van der Waals surface area contributed by atoms with Crippen molar-refractivity contribution in [1.29, 1.82) is 0 Å². The lowest BCUT2D eigenvalue weighted by Gasteiger charge is -2.24. The van der Waals surface area contributed by atoms with Crippen LogP contribution in [0.3, 0.4) is 0 Å². The minimum atomic E-state index is -0.994. The number of methoxy groups -OCH3 is 1. The molecule has 3 aromatic carbocycles. The Morgan fingerprint density at radius 1 is 1.05 bits per heavy atom. The number of fused-ring (bicyclic) bond motifs is 1. The van der Waals surface area contributed by atoms with Crippen LogP contribution in [-0.4, -0.2) is 48.0 Å². The molecular formula is C29H26Cl2N4O4. The first-order chi connectivity index (χ1) is 18.5. The molecule has 8 nitrogen and oxygen atoms in total. The van der Waals surface area contributed by atoms with Crippen molar-refractivity contribution in [2.45, 2.75) is 19.9 Å². The summed E-state index contributed by atoms with van der Waals surface area (Å²) in [4.78, 5) is 38.2. The van der Waals surface area contributed by atoms with Gasteiger partial charge < -0.3 is 19.7 Å². The monoisotopic (exact) mass is 564 g/mol. The van der Waals surface area contributed by atoms with Crippen molar-refractivity contribution in [3.05, 3.63) is 86.4 Å². The van der Waals surface area contributed by atoms with Gasteiger partial charge in [-0.1, -0.05) is 35.3 Å². The van der Waals surface area contributed by atoms with Crippen LogP contribution in [0.2, 0.25) is 10.0 Å². The third-order valence-electron chi connectivity index (χ3n) is 6.95. The highest BCUT2D eigenvalue weighted by Gasteiger charge is 2.48. The molecule has 1 atom stereocenters. The molecular weight excluding hydrogens is 539 g/mol. The number of anilines is 2. The lowest BCUT2D eigenvalue weighted by Crippen LogP contribution is -2.30. The molecule has 1 unspecified atom stereocenters. The highest BCUT2D eigenvalue weighted by molar-refractivity contribution is 6.51. The zero-order chi connectivity index (χ0) is 28.2. The average molecular weight is 565 g/mol. The Bertz CT molecular complexity index is 1640. The maximum absolute atomic E-state index is 13.6. The summed E-state index contributed by atoms with van der Waals surface area (Å²) in [5, 5.41) is 11.9. The molecule has 200 valence electrons. The van der Waals surface area contributed by atoms with Crippen molar-refractivity contribution in [3.8, 4) is 5.75 Å². The summed E-state index contributed by atoms with van der Waals surface area (Å²) in [5.41, 5.74) is 4.96. The number of nitrogens with zero attached hydrogens (tertiary/aromatic N) is 3. The number of aromatic amines is 1. The van der Waals surface area contributed by atoms with E-state index in [1.54, 1.807) is 0 Å². The van der Waals surface area contributed by atoms with Gasteiger partial charge in [-0.25, -0.2) is 4.98 Å². The quantitative estimate of drug-likeness (QED) is 0.170. The van der Waals surface area contributed by atoms with E-state index in [-0.39, 0.29) is 32.9 Å². The fourth-order valence-corrected chi connectivity index (χ4v) is 5.35. The summed E-state index contributed by atoms with van der Waals surface area (Å²) >= 11 is 12.6. The third-order valence-corrected chi connectivity index (χ3v) is 7.45. The van der Waals surface area contributed by atoms with E-state index in [4.69, 9.17) is 27.9 Å². The Kier molecular flexibility index (Phi) is 6.78. The van der Waals surface area contributed by atoms with Gasteiger partial charge in [-0.2, -0.15) is 0 Å². The Labute approximate surface area is 235 Å². The van der Waals surface area contributed by atoms with Gasteiger partial charge in [-0.05, 0) is 66.9 Å². The molecule has 1 aliphatic heterocycles. The number of ketones is 1. The minimum Gasteiger partial charge on any atom is -0.507 e. The number of carbonyl (C=O) groups is 2. The van der Waals surface area contributed by atoms with Crippen molar-refractivity contribution in [3.63, 3.8) is 0 Å². The lowest BCUT2D eigenvalue weighted by molar-refractivity contribution is -0.132. The van der Waals surface area contributed by atoms with E-state index in [2.05, 4.69) is 9.97 Å². The molecule has 0 bridgehead atoms. The first kappa shape index (κ1) is 26.6. The van der Waals surface area contributed by atoms with Crippen LogP contribution in [0, 0.1) is 13.8 Å². The highest BCUT2D eigenvalue weighted by Crippen LogP contribution is 2.45. The molecule has 2 N–H and O–H groups in total. The molecule has 0 radical (unpaired) electrons. The van der Waals surface area contributed by atoms with Crippen LogP contribution in [0.1, 0.15) is 28.3 Å². The van der Waals surface area contributed by atoms with Gasteiger partial charge in [0.15, 0.2) is 0 Å². The fourth-order valence-electron chi connectivity index (χ4n) is 4.78. The number of H-pyrrole nitrogens is 1. The molecule has 1 saturated heterocycles. The number of hydrogen-bond acceptors (Lipinski definition) is 6. The summed E-state index contributed by atoms with van der Waals surface area (Å²) in [5.74, 6) is -1.85. The van der Waals surface area contributed by atoms with E-state index < -0.39 is 23.5 Å². The molecule has 0 aliphatic carbocycles. The van der Waals surface area contributed by atoms with Crippen molar-refractivity contribution in [1.82, 2.24) is 9.97 Å². The van der Waals surface area contributed by atoms with Crippen molar-refractivity contribution < 1.29 is 19.4 Å². The van der Waals surface area contributed by atoms with Gasteiger partial charge in [0.2, 0.25) is 5.95 Å². The summed E-state index contributed by atoms with van der Waals surface area (Å²) in [6.45, 7) is 3.96. The van der Waals surface area contributed by atoms with Crippen molar-refractivity contribution >= 4 is 63.3 Å². The summed E-state index contributed by atoms with van der Waals surface area (Å²) in [7, 11) is 5.21. The molecule has 1 aliphatic rings. The average Bonchev–Trinajstić information content (AvgIpc) is 3.40. The first-order valence-corrected chi connectivity index (χ1v) is 12.9. The number of halogens is 2. The molecule has 1 aromatic heterocycles. The van der Waals surface area contributed by atoms with Crippen molar-refractivity contribution in [2.24, 2.45) is 0 Å². The number of aliphatic hydroxyl groups excluding tert-OH is 1. The molecule has 10 heteroatoms. The molecule has 5 rings (SSSR count). The number of amides is 1. The Morgan fingerprint density at radius 3 is 2.36 bits per heavy atom. The first-order valence-electron chi connectivity index (χ1n) is 12.1. The van der Waals surface area contributed by atoms with Gasteiger partial charge in [-0.3, -0.25) is 14.5 Å². The number of ether oxygens (including phenoxy) is 1. The number of aliphatic hydroxyl groups is 1. The van der Waals surface area contributed by atoms with Gasteiger partial charge in [0, 0.05) is 24.8 Å². The number of benzene rings is 3. The van der Waals surface area contributed by atoms with E-state index in [0.717, 1.165) is 22.3 Å². The predicted octanol–water partition coefficient (Wildman–Crippen LogP) is 6.19. The molecule has 1 fully saturated rings. The lowest BCUT2D eigenvalue weighted by atomic mass is 9.95. The maximum atomic E-state index is 13.6. The molecule has 4 aromatic rings. The number of Topliss-reactive ketones (excluding diaryl/α,β-unsaturated/α-hetero) is 1. The predicted molar refractivity (Wildman–Crippen MR) is 154 cm³/mol. The van der Waals surface area contributed by atoms with Gasteiger partial charge in [0.05, 0.1) is 40.3 Å². The Morgan fingerprint density at radius 2 is 1.72 bits per heavy atom. The van der Waals surface area contributed by atoms with Crippen LogP contribution in [0.5, 0.6) is 5.75 Å². The van der Waals surface area contributed by atoms with E-state index in [1.807, 2.05) is 69.2 Å². The molecule has 1 amide bonds. The molecule has 39 heavy (non-hydrogen) atoms. The van der Waals surface area contributed by atoms with Gasteiger partial charge in [-0.15, -0.1) is 0 Å². The number of rotatable bonds is 5. The Balaban J connectivity index is 1.77. The van der Waals surface area contributed by atoms with Gasteiger partial charge >= 0.3 is 5.91 Å². The zero-order valence-corrected chi connectivity index (χ0v) is 23.5. The summed E-state index contributed by atoms with van der Waals surface area (Å²) in [6, 6.07) is 13.1. The fraction of sp³-hybridized carbons (Fsp3) is 0.207. The molecule has 2 heterocycles. The topological polar surface area (TPSA) is 98.8 Å². The number of carbonyl (C=O) groups excluding carboxylic acids is 2. The number of imidazole rings is 1. The second-order valence-corrected chi connectivity index (χ2v) is 10.5. The van der Waals surface area contributed by atoms with E-state index in [1.165, 1.54) is 24.1 Å². The van der Waals surface area contributed by atoms with Crippen LogP contribution in [0.25, 0.3) is 16.8 Å². The van der Waals surface area contributed by atoms with Crippen LogP contribution in [0.4, 0.5) is 11.6 Å². The second-order valence-electron chi connectivity index (χ2n) is 9.64. The van der Waals surface area contributed by atoms with Crippen LogP contribution < -0.4 is 14.5 Å². The number of aryl methyl sites for hydroxylation is 2. The van der Waals surface area contributed by atoms with E-state index in [0.29, 0.717) is 11.1 Å². The molecule has 0 spiro atoms. The van der Waals surface area contributed by atoms with E-state index in [9.17, 15) is 14.7 Å². The summed E-state index contributed by atoms with van der Waals surface area (Å²) < 4.78 is 5.41. The Hall–Kier alpha value is -4.01. The van der Waals surface area contributed by atoms with E-state index >= 15 is 0 Å². The van der Waals surface area contributed by atoms with Crippen LogP contribution >= 0.6 is 23.2 Å². The van der Waals surface area contributed by atoms with Gasteiger partial charge in [0.1, 0.15) is 11.5 Å². The smallest absolute Gasteiger partial charge is 0.302 e. The van der Waals surface area contributed by atoms with Crippen LogP contribution in [-0.2, 0) is 9.59 Å². The highest BCUT2D eigenvalue weighted by atomic mass is 35.5. The SMILES string of the molecule is COc1c(Cl)cc(Cl)cc1/C(O)=C1\C(=O)C(=O)N(c2nc3cc(C)c(C)cc3[nH]2)C1c1ccc(N(C)C)cc1.